The average molecular weight is 490 g/mol. The Bertz CT molecular complexity index is 1430. The Morgan fingerprint density at radius 3 is 2.83 bits per heavy atom. The van der Waals surface area contributed by atoms with Crippen LogP contribution in [0.4, 0.5) is 33.8 Å². The van der Waals surface area contributed by atoms with Crippen molar-refractivity contribution in [3.63, 3.8) is 0 Å². The summed E-state index contributed by atoms with van der Waals surface area (Å²) in [7, 11) is 0. The standard InChI is InChI=1S/C24H27N9O3/c1-3-25-23(34)30-17-8-9-33(13-17)20-7-5-16(12-26-20)29-22-27-11-14(2)21(32-22)28-15-4-6-19-18(10-15)31-24(35)36-19/h4-7,10-12,17H,3,8-9,13H2,1-2H3,(H,31,35)(H2,25,30,34)(H2,27,28,29,32). The fraction of sp³-hybridized carbons (Fsp3) is 0.292. The number of aromatic nitrogens is 4. The van der Waals surface area contributed by atoms with Crippen molar-refractivity contribution in [1.29, 1.82) is 0 Å². The highest BCUT2D eigenvalue weighted by Crippen LogP contribution is 2.24. The SMILES string of the molecule is CCNC(=O)NC1CCN(c2ccc(Nc3ncc(C)c(Nc4ccc5oc(=O)[nH]c5c4)n3)cn2)C1. The second kappa shape index (κ2) is 9.94. The highest BCUT2D eigenvalue weighted by Gasteiger charge is 2.24. The topological polar surface area (TPSA) is 153 Å². The molecule has 3 aromatic heterocycles. The quantitative estimate of drug-likeness (QED) is 0.264. The van der Waals surface area contributed by atoms with E-state index in [9.17, 15) is 9.59 Å². The number of carbonyl (C=O) groups is 1. The van der Waals surface area contributed by atoms with Crippen molar-refractivity contribution in [3.05, 3.63) is 58.8 Å². The predicted molar refractivity (Wildman–Crippen MR) is 137 cm³/mol. The Morgan fingerprint density at radius 1 is 1.17 bits per heavy atom. The van der Waals surface area contributed by atoms with Crippen LogP contribution in [0.3, 0.4) is 0 Å². The second-order valence-corrected chi connectivity index (χ2v) is 8.54. The number of carbonyl (C=O) groups excluding carboxylic acids is 1. The monoisotopic (exact) mass is 489 g/mol. The van der Waals surface area contributed by atoms with Gasteiger partial charge >= 0.3 is 11.8 Å². The van der Waals surface area contributed by atoms with Gasteiger partial charge < -0.3 is 30.6 Å². The lowest BCUT2D eigenvalue weighted by Gasteiger charge is -2.18. The molecule has 1 atom stereocenters. The van der Waals surface area contributed by atoms with Gasteiger partial charge in [-0.3, -0.25) is 4.98 Å². The van der Waals surface area contributed by atoms with Gasteiger partial charge in [-0.2, -0.15) is 4.98 Å². The minimum atomic E-state index is -0.493. The van der Waals surface area contributed by atoms with Crippen molar-refractivity contribution in [1.82, 2.24) is 30.6 Å². The number of rotatable bonds is 7. The Hall–Kier alpha value is -4.61. The summed E-state index contributed by atoms with van der Waals surface area (Å²) in [6.45, 7) is 5.94. The maximum atomic E-state index is 11.8. The molecular weight excluding hydrogens is 462 g/mol. The summed E-state index contributed by atoms with van der Waals surface area (Å²) in [5.41, 5.74) is 3.46. The molecule has 2 amide bonds. The highest BCUT2D eigenvalue weighted by molar-refractivity contribution is 5.78. The smallest absolute Gasteiger partial charge is 0.408 e. The molecule has 5 rings (SSSR count). The van der Waals surface area contributed by atoms with Gasteiger partial charge in [0.15, 0.2) is 5.58 Å². The zero-order chi connectivity index (χ0) is 25.1. The number of nitrogens with one attached hydrogen (secondary N) is 5. The third-order valence-corrected chi connectivity index (χ3v) is 5.84. The van der Waals surface area contributed by atoms with Crippen LogP contribution in [-0.2, 0) is 0 Å². The second-order valence-electron chi connectivity index (χ2n) is 8.54. The molecule has 1 aliphatic rings. The van der Waals surface area contributed by atoms with Gasteiger partial charge in [0.2, 0.25) is 5.95 Å². The summed E-state index contributed by atoms with van der Waals surface area (Å²) in [6, 6.07) is 9.13. The van der Waals surface area contributed by atoms with E-state index in [0.29, 0.717) is 36.0 Å². The van der Waals surface area contributed by atoms with E-state index in [1.54, 1.807) is 24.5 Å². The number of aryl methyl sites for hydroxylation is 1. The van der Waals surface area contributed by atoms with Gasteiger partial charge in [0.1, 0.15) is 11.6 Å². The number of hydrogen-bond donors (Lipinski definition) is 5. The number of nitrogens with zero attached hydrogens (tertiary/aromatic N) is 4. The van der Waals surface area contributed by atoms with Gasteiger partial charge in [0.25, 0.3) is 0 Å². The van der Waals surface area contributed by atoms with Crippen molar-refractivity contribution in [2.24, 2.45) is 0 Å². The molecule has 0 bridgehead atoms. The van der Waals surface area contributed by atoms with Gasteiger partial charge in [0, 0.05) is 43.1 Å². The average Bonchev–Trinajstić information content (AvgIpc) is 3.47. The van der Waals surface area contributed by atoms with Crippen LogP contribution in [0, 0.1) is 6.92 Å². The molecule has 12 nitrogen and oxygen atoms in total. The maximum absolute atomic E-state index is 11.8. The van der Waals surface area contributed by atoms with Crippen LogP contribution in [0.5, 0.6) is 0 Å². The molecule has 0 aliphatic carbocycles. The van der Waals surface area contributed by atoms with Gasteiger partial charge in [-0.05, 0) is 50.6 Å². The zero-order valence-corrected chi connectivity index (χ0v) is 20.0. The third kappa shape index (κ3) is 5.22. The summed E-state index contributed by atoms with van der Waals surface area (Å²) in [6.07, 6.45) is 4.33. The zero-order valence-electron chi connectivity index (χ0n) is 20.0. The summed E-state index contributed by atoms with van der Waals surface area (Å²) < 4.78 is 5.05. The van der Waals surface area contributed by atoms with E-state index in [1.165, 1.54) is 0 Å². The van der Waals surface area contributed by atoms with E-state index in [4.69, 9.17) is 4.42 Å². The molecule has 1 aliphatic heterocycles. The Kier molecular flexibility index (Phi) is 6.39. The first-order valence-electron chi connectivity index (χ1n) is 11.7. The number of benzene rings is 1. The number of amides is 2. The third-order valence-electron chi connectivity index (χ3n) is 5.84. The van der Waals surface area contributed by atoms with Crippen molar-refractivity contribution in [2.45, 2.75) is 26.3 Å². The number of anilines is 5. The van der Waals surface area contributed by atoms with Crippen LogP contribution in [0.25, 0.3) is 11.1 Å². The number of oxazole rings is 1. The van der Waals surface area contributed by atoms with Gasteiger partial charge in [-0.1, -0.05) is 0 Å². The first-order chi connectivity index (χ1) is 17.5. The number of pyridine rings is 1. The predicted octanol–water partition coefficient (Wildman–Crippen LogP) is 3.00. The lowest BCUT2D eigenvalue weighted by molar-refractivity contribution is 0.238. The number of urea groups is 1. The fourth-order valence-corrected chi connectivity index (χ4v) is 4.05. The number of aromatic amines is 1. The molecule has 12 heteroatoms. The molecule has 0 radical (unpaired) electrons. The number of fused-ring (bicyclic) bond motifs is 1. The molecule has 1 aromatic carbocycles. The van der Waals surface area contributed by atoms with Crippen LogP contribution in [0.2, 0.25) is 0 Å². The lowest BCUT2D eigenvalue weighted by atomic mass is 10.2. The van der Waals surface area contributed by atoms with Crippen molar-refractivity contribution < 1.29 is 9.21 Å². The van der Waals surface area contributed by atoms with Crippen molar-refractivity contribution in [2.75, 3.05) is 35.2 Å². The van der Waals surface area contributed by atoms with Crippen LogP contribution in [0.1, 0.15) is 18.9 Å². The molecule has 186 valence electrons. The molecule has 4 heterocycles. The van der Waals surface area contributed by atoms with Crippen molar-refractivity contribution in [3.8, 4) is 0 Å². The lowest BCUT2D eigenvalue weighted by Crippen LogP contribution is -2.43. The summed E-state index contributed by atoms with van der Waals surface area (Å²) in [5, 5.41) is 12.2. The van der Waals surface area contributed by atoms with E-state index >= 15 is 0 Å². The van der Waals surface area contributed by atoms with Gasteiger partial charge in [0.05, 0.1) is 17.4 Å². The van der Waals surface area contributed by atoms with E-state index in [2.05, 4.69) is 46.1 Å². The van der Waals surface area contributed by atoms with E-state index < -0.39 is 5.76 Å². The van der Waals surface area contributed by atoms with E-state index in [0.717, 1.165) is 35.7 Å². The minimum Gasteiger partial charge on any atom is -0.408 e. The van der Waals surface area contributed by atoms with Crippen LogP contribution in [0.15, 0.2) is 51.9 Å². The summed E-state index contributed by atoms with van der Waals surface area (Å²) in [5.74, 6) is 1.40. The van der Waals surface area contributed by atoms with Crippen LogP contribution < -0.4 is 31.9 Å². The van der Waals surface area contributed by atoms with E-state index in [1.807, 2.05) is 32.0 Å². The minimum absolute atomic E-state index is 0.0949. The van der Waals surface area contributed by atoms with Gasteiger partial charge in [-0.25, -0.2) is 19.6 Å². The molecule has 1 saturated heterocycles. The Labute approximate surface area is 206 Å². The summed E-state index contributed by atoms with van der Waals surface area (Å²) in [4.78, 5) is 41.5. The molecule has 0 saturated carbocycles. The first kappa shape index (κ1) is 23.1. The molecular formula is C24H27N9O3. The summed E-state index contributed by atoms with van der Waals surface area (Å²) >= 11 is 0. The molecule has 5 N–H and O–H groups in total. The Morgan fingerprint density at radius 2 is 2.03 bits per heavy atom. The molecule has 1 fully saturated rings. The first-order valence-corrected chi connectivity index (χ1v) is 11.7. The Balaban J connectivity index is 1.23. The number of hydrogen-bond acceptors (Lipinski definition) is 9. The normalized spacial score (nSPS) is 15.2. The molecule has 1 unspecified atom stereocenters. The van der Waals surface area contributed by atoms with E-state index in [-0.39, 0.29) is 12.1 Å². The highest BCUT2D eigenvalue weighted by atomic mass is 16.4. The molecule has 0 spiro atoms. The molecule has 4 aromatic rings. The van der Waals surface area contributed by atoms with Gasteiger partial charge in [-0.15, -0.1) is 0 Å². The van der Waals surface area contributed by atoms with Crippen LogP contribution >= 0.6 is 0 Å². The van der Waals surface area contributed by atoms with Crippen LogP contribution in [-0.4, -0.2) is 51.6 Å². The van der Waals surface area contributed by atoms with Crippen molar-refractivity contribution >= 4 is 46.1 Å². The number of H-pyrrole nitrogens is 1. The molecule has 36 heavy (non-hydrogen) atoms. The maximum Gasteiger partial charge on any atom is 0.417 e. The fourth-order valence-electron chi connectivity index (χ4n) is 4.05. The largest absolute Gasteiger partial charge is 0.417 e.